The van der Waals surface area contributed by atoms with E-state index in [1.807, 2.05) is 6.92 Å². The van der Waals surface area contributed by atoms with Crippen LogP contribution in [0.3, 0.4) is 0 Å². The molecule has 0 unspecified atom stereocenters. The second-order valence-electron chi connectivity index (χ2n) is 6.93. The molecule has 3 rings (SSSR count). The van der Waals surface area contributed by atoms with Gasteiger partial charge in [-0.15, -0.1) is 13.2 Å². The summed E-state index contributed by atoms with van der Waals surface area (Å²) in [5.41, 5.74) is 2.84. The molecule has 2 aromatic carbocycles. The summed E-state index contributed by atoms with van der Waals surface area (Å²) in [6, 6.07) is 9.02. The van der Waals surface area contributed by atoms with Crippen LogP contribution >= 0.6 is 0 Å². The van der Waals surface area contributed by atoms with E-state index in [0.717, 1.165) is 22.8 Å². The molecule has 0 aliphatic carbocycles. The predicted octanol–water partition coefficient (Wildman–Crippen LogP) is 4.92. The molecule has 1 aromatic heterocycles. The second-order valence-corrected chi connectivity index (χ2v) is 6.93. The van der Waals surface area contributed by atoms with Gasteiger partial charge in [0.2, 0.25) is 0 Å². The Morgan fingerprint density at radius 2 is 2.00 bits per heavy atom. The zero-order valence-electron chi connectivity index (χ0n) is 18.1. The fraction of sp³-hybridized carbons (Fsp3) is 0.174. The van der Waals surface area contributed by atoms with Gasteiger partial charge in [0.1, 0.15) is 13.4 Å². The molecule has 0 aliphatic rings. The summed E-state index contributed by atoms with van der Waals surface area (Å²) < 4.78 is 43.1. The molecule has 0 saturated carbocycles. The van der Waals surface area contributed by atoms with Gasteiger partial charge in [-0.3, -0.25) is 9.36 Å². The predicted molar refractivity (Wildman–Crippen MR) is 122 cm³/mol. The number of ether oxygens (including phenoxy) is 1. The van der Waals surface area contributed by atoms with Crippen LogP contribution in [0.4, 0.5) is 18.9 Å². The first-order valence-electron chi connectivity index (χ1n) is 9.67. The third kappa shape index (κ3) is 5.40. The van der Waals surface area contributed by atoms with Crippen LogP contribution in [0, 0.1) is 0 Å². The first kappa shape index (κ1) is 23.6. The molecule has 0 amide bonds. The number of fused-ring (bicyclic) bond motifs is 1. The van der Waals surface area contributed by atoms with Crippen molar-refractivity contribution in [1.29, 1.82) is 0 Å². The molecule has 3 aromatic rings. The van der Waals surface area contributed by atoms with Crippen molar-refractivity contribution in [3.05, 3.63) is 76.9 Å². The Bertz CT molecular complexity index is 1310. The summed E-state index contributed by atoms with van der Waals surface area (Å²) in [6.07, 6.45) is -0.286. The zero-order chi connectivity index (χ0) is 24.2. The van der Waals surface area contributed by atoms with Crippen LogP contribution in [0.2, 0.25) is 0 Å². The number of oxime groups is 1. The minimum absolute atomic E-state index is 0.0705. The highest BCUT2D eigenvalue weighted by molar-refractivity contribution is 5.93. The van der Waals surface area contributed by atoms with E-state index in [9.17, 15) is 18.0 Å². The number of allylic oxidation sites excluding steroid dienone is 3. The number of alkyl halides is 3. The van der Waals surface area contributed by atoms with Crippen molar-refractivity contribution < 1.29 is 22.7 Å². The minimum atomic E-state index is -4.83. The summed E-state index contributed by atoms with van der Waals surface area (Å²) in [7, 11) is 2.89. The average Bonchev–Trinajstić information content (AvgIpc) is 2.76. The molecule has 33 heavy (non-hydrogen) atoms. The lowest BCUT2D eigenvalue weighted by molar-refractivity contribution is -0.274. The van der Waals surface area contributed by atoms with Crippen LogP contribution in [0.1, 0.15) is 12.5 Å². The van der Waals surface area contributed by atoms with Gasteiger partial charge in [-0.05, 0) is 54.5 Å². The number of anilines is 1. The van der Waals surface area contributed by atoms with Gasteiger partial charge in [0, 0.05) is 7.05 Å². The quantitative estimate of drug-likeness (QED) is 0.309. The van der Waals surface area contributed by atoms with Crippen molar-refractivity contribution >= 4 is 28.4 Å². The van der Waals surface area contributed by atoms with Crippen molar-refractivity contribution in [2.45, 2.75) is 13.3 Å². The average molecular weight is 458 g/mol. The molecule has 0 saturated heterocycles. The molecule has 0 aliphatic heterocycles. The lowest BCUT2D eigenvalue weighted by Crippen LogP contribution is -2.20. The van der Waals surface area contributed by atoms with Gasteiger partial charge >= 0.3 is 6.36 Å². The summed E-state index contributed by atoms with van der Waals surface area (Å²) >= 11 is 0. The van der Waals surface area contributed by atoms with Gasteiger partial charge in [-0.2, -0.15) is 0 Å². The Labute approximate surface area is 187 Å². The Hall–Kier alpha value is -4.08. The molecule has 1 N–H and O–H groups in total. The summed E-state index contributed by atoms with van der Waals surface area (Å²) in [5.74, 6) is -0.406. The largest absolute Gasteiger partial charge is 0.573 e. The maximum absolute atomic E-state index is 13.1. The Kier molecular flexibility index (Phi) is 6.86. The number of nitrogens with one attached hydrogen (secondary N) is 1. The number of nitrogens with zero attached hydrogens (tertiary/aromatic N) is 3. The fourth-order valence-electron chi connectivity index (χ4n) is 3.20. The highest BCUT2D eigenvalue weighted by Crippen LogP contribution is 2.32. The van der Waals surface area contributed by atoms with E-state index < -0.39 is 12.1 Å². The number of rotatable bonds is 7. The van der Waals surface area contributed by atoms with E-state index in [2.05, 4.69) is 31.6 Å². The van der Waals surface area contributed by atoms with Gasteiger partial charge in [0.25, 0.3) is 5.56 Å². The highest BCUT2D eigenvalue weighted by Gasteiger charge is 2.32. The van der Waals surface area contributed by atoms with Gasteiger partial charge < -0.3 is 14.9 Å². The van der Waals surface area contributed by atoms with Crippen molar-refractivity contribution in [2.24, 2.45) is 5.16 Å². The van der Waals surface area contributed by atoms with Crippen LogP contribution < -0.4 is 15.6 Å². The zero-order valence-corrected chi connectivity index (χ0v) is 18.1. The molecule has 172 valence electrons. The van der Waals surface area contributed by atoms with E-state index >= 15 is 0 Å². The maximum atomic E-state index is 13.1. The van der Waals surface area contributed by atoms with Crippen LogP contribution in [0.25, 0.3) is 22.2 Å². The number of aromatic nitrogens is 2. The van der Waals surface area contributed by atoms with Crippen molar-refractivity contribution in [3.63, 3.8) is 0 Å². The molecular weight excluding hydrogens is 437 g/mol. The lowest BCUT2D eigenvalue weighted by atomic mass is 9.99. The van der Waals surface area contributed by atoms with Gasteiger partial charge in [-0.25, -0.2) is 4.98 Å². The van der Waals surface area contributed by atoms with E-state index in [0.29, 0.717) is 16.6 Å². The molecule has 10 heteroatoms. The van der Waals surface area contributed by atoms with Gasteiger partial charge in [0.15, 0.2) is 5.75 Å². The van der Waals surface area contributed by atoms with Crippen LogP contribution in [-0.4, -0.2) is 36.3 Å². The smallest absolute Gasteiger partial charge is 0.404 e. The minimum Gasteiger partial charge on any atom is -0.404 e. The number of halogens is 3. The monoisotopic (exact) mass is 458 g/mol. The van der Waals surface area contributed by atoms with Crippen molar-refractivity contribution in [2.75, 3.05) is 19.5 Å². The molecule has 0 fully saturated rings. The molecular formula is C23H21F3N4O3. The summed E-state index contributed by atoms with van der Waals surface area (Å²) in [4.78, 5) is 22.1. The van der Waals surface area contributed by atoms with E-state index in [4.69, 9.17) is 0 Å². The molecule has 7 nitrogen and oxygen atoms in total. The van der Waals surface area contributed by atoms with Gasteiger partial charge in [0.05, 0.1) is 28.5 Å². The van der Waals surface area contributed by atoms with Crippen LogP contribution in [0.15, 0.2) is 70.9 Å². The Morgan fingerprint density at radius 3 is 2.64 bits per heavy atom. The van der Waals surface area contributed by atoms with E-state index in [1.165, 1.54) is 43.4 Å². The van der Waals surface area contributed by atoms with Crippen molar-refractivity contribution in [3.8, 4) is 11.4 Å². The SMILES string of the molecule is C=C(C)/C(=C\C=N\OC)c1ccc2c(=O)n(-c3ccc(OC(F)(F)F)c(NC)c3)cnc2c1. The third-order valence-corrected chi connectivity index (χ3v) is 4.67. The molecule has 0 bridgehead atoms. The van der Waals surface area contributed by atoms with Crippen molar-refractivity contribution in [1.82, 2.24) is 9.55 Å². The van der Waals surface area contributed by atoms with E-state index in [-0.39, 0.29) is 11.2 Å². The van der Waals surface area contributed by atoms with E-state index in [1.54, 1.807) is 24.3 Å². The van der Waals surface area contributed by atoms with Crippen LogP contribution in [-0.2, 0) is 4.84 Å². The molecule has 0 atom stereocenters. The molecule has 0 radical (unpaired) electrons. The number of hydrogen-bond acceptors (Lipinski definition) is 6. The molecule has 1 heterocycles. The first-order chi connectivity index (χ1) is 15.6. The topological polar surface area (TPSA) is 77.7 Å². The number of hydrogen-bond donors (Lipinski definition) is 1. The van der Waals surface area contributed by atoms with Gasteiger partial charge in [-0.1, -0.05) is 23.4 Å². The normalized spacial score (nSPS) is 12.2. The lowest BCUT2D eigenvalue weighted by Gasteiger charge is -2.15. The van der Waals surface area contributed by atoms with Crippen LogP contribution in [0.5, 0.6) is 5.75 Å². The Balaban J connectivity index is 2.05. The standard InChI is InChI=1S/C23H21F3N4O3/c1-14(2)17(9-10-29-32-4)15-5-7-18-19(11-15)28-13-30(22(18)31)16-6-8-21(20(12-16)27-3)33-23(24,25)26/h5-13,27H,1H2,2-4H3/b17-9+,29-10+. The molecule has 0 spiro atoms. The summed E-state index contributed by atoms with van der Waals surface area (Å²) in [6.45, 7) is 5.80. The number of benzene rings is 2. The fourth-order valence-corrected chi connectivity index (χ4v) is 3.20. The Morgan fingerprint density at radius 1 is 1.24 bits per heavy atom. The first-order valence-corrected chi connectivity index (χ1v) is 9.67. The highest BCUT2D eigenvalue weighted by atomic mass is 19.4. The third-order valence-electron chi connectivity index (χ3n) is 4.67. The second kappa shape index (κ2) is 9.60. The maximum Gasteiger partial charge on any atom is 0.573 e. The summed E-state index contributed by atoms with van der Waals surface area (Å²) in [5, 5.41) is 6.68.